The van der Waals surface area contributed by atoms with Gasteiger partial charge in [0.1, 0.15) is 18.1 Å². The van der Waals surface area contributed by atoms with E-state index in [1.165, 1.54) is 25.9 Å². The molecule has 1 fully saturated rings. The Morgan fingerprint density at radius 3 is 2.38 bits per heavy atom. The topological polar surface area (TPSA) is 43.7 Å². The van der Waals surface area contributed by atoms with Crippen LogP contribution in [0.15, 0.2) is 66.7 Å². The predicted octanol–water partition coefficient (Wildman–Crippen LogP) is 5.38. The first-order chi connectivity index (χ1) is 16.7. The highest BCUT2D eigenvalue weighted by Gasteiger charge is 2.33. The molecule has 34 heavy (non-hydrogen) atoms. The fourth-order valence-electron chi connectivity index (χ4n) is 5.33. The lowest BCUT2D eigenvalue weighted by molar-refractivity contribution is 0.104. The molecule has 1 aliphatic heterocycles. The van der Waals surface area contributed by atoms with E-state index in [0.717, 1.165) is 56.9 Å². The van der Waals surface area contributed by atoms with Crippen LogP contribution in [0.1, 0.15) is 34.3 Å². The highest BCUT2D eigenvalue weighted by Crippen LogP contribution is 2.43. The molecule has 0 spiro atoms. The monoisotopic (exact) mass is 452 g/mol. The molecule has 0 unspecified atom stereocenters. The van der Waals surface area contributed by atoms with Gasteiger partial charge in [0.15, 0.2) is 5.78 Å². The Bertz CT molecular complexity index is 1360. The molecule has 5 nitrogen and oxygen atoms in total. The minimum absolute atomic E-state index is 0.0984. The number of carbonyl (C=O) groups excluding carboxylic acids is 1. The number of nitrogens with zero attached hydrogens (tertiary/aromatic N) is 2. The van der Waals surface area contributed by atoms with Crippen molar-refractivity contribution in [1.82, 2.24) is 9.47 Å². The van der Waals surface area contributed by atoms with Crippen molar-refractivity contribution in [2.24, 2.45) is 0 Å². The lowest BCUT2D eigenvalue weighted by Crippen LogP contribution is -2.25. The maximum absolute atomic E-state index is 13.3. The molecule has 0 N–H and O–H groups in total. The Balaban J connectivity index is 1.31. The van der Waals surface area contributed by atoms with Crippen LogP contribution in [0.2, 0.25) is 0 Å². The number of ketones is 1. The van der Waals surface area contributed by atoms with Crippen molar-refractivity contribution < 1.29 is 14.3 Å². The van der Waals surface area contributed by atoms with E-state index in [1.807, 2.05) is 54.6 Å². The third-order valence-corrected chi connectivity index (χ3v) is 7.06. The summed E-state index contributed by atoms with van der Waals surface area (Å²) in [6.45, 7) is 4.74. The highest BCUT2D eigenvalue weighted by molar-refractivity contribution is 6.27. The van der Waals surface area contributed by atoms with Gasteiger partial charge in [0.25, 0.3) is 0 Å². The van der Waals surface area contributed by atoms with Crippen LogP contribution >= 0.6 is 0 Å². The van der Waals surface area contributed by atoms with Gasteiger partial charge in [-0.25, -0.2) is 0 Å². The summed E-state index contributed by atoms with van der Waals surface area (Å²) >= 11 is 0. The Morgan fingerprint density at radius 2 is 1.62 bits per heavy atom. The summed E-state index contributed by atoms with van der Waals surface area (Å²) in [6.07, 6.45) is 2.60. The molecule has 0 radical (unpaired) electrons. The summed E-state index contributed by atoms with van der Waals surface area (Å²) in [6, 6.07) is 22.2. The summed E-state index contributed by atoms with van der Waals surface area (Å²) in [4.78, 5) is 15.8. The zero-order chi connectivity index (χ0) is 23.1. The van der Waals surface area contributed by atoms with E-state index in [4.69, 9.17) is 9.47 Å². The molecule has 5 heteroatoms. The Kier molecular flexibility index (Phi) is 5.34. The standard InChI is InChI=1S/C29H28N2O3/c1-33-22-12-13-25-26(18-22)31(28-23-6-2-3-7-24(23)29(32)27(25)28)19-20-8-10-21(11-9-20)34-17-16-30-14-4-5-15-30/h2-3,6-13,18H,4-5,14-17,19H2,1H3. The third kappa shape index (κ3) is 3.57. The van der Waals surface area contributed by atoms with Gasteiger partial charge in [0, 0.05) is 35.7 Å². The van der Waals surface area contributed by atoms with Crippen molar-refractivity contribution >= 4 is 16.7 Å². The Hall–Kier alpha value is -3.57. The lowest BCUT2D eigenvalue weighted by Gasteiger charge is -2.15. The van der Waals surface area contributed by atoms with Gasteiger partial charge >= 0.3 is 0 Å². The first-order valence-corrected chi connectivity index (χ1v) is 12.0. The number of rotatable bonds is 7. The van der Waals surface area contributed by atoms with Crippen molar-refractivity contribution in [2.45, 2.75) is 19.4 Å². The molecule has 0 bridgehead atoms. The number of benzene rings is 3. The number of methoxy groups -OCH3 is 1. The van der Waals surface area contributed by atoms with E-state index in [-0.39, 0.29) is 5.78 Å². The third-order valence-electron chi connectivity index (χ3n) is 7.06. The van der Waals surface area contributed by atoms with Crippen molar-refractivity contribution in [3.8, 4) is 22.8 Å². The van der Waals surface area contributed by atoms with Gasteiger partial charge in [-0.15, -0.1) is 0 Å². The Morgan fingerprint density at radius 1 is 0.882 bits per heavy atom. The summed E-state index contributed by atoms with van der Waals surface area (Å²) in [7, 11) is 1.67. The highest BCUT2D eigenvalue weighted by atomic mass is 16.5. The average molecular weight is 453 g/mol. The van der Waals surface area contributed by atoms with Crippen LogP contribution in [0.5, 0.6) is 11.5 Å². The summed E-state index contributed by atoms with van der Waals surface area (Å²) in [5.41, 5.74) is 5.74. The lowest BCUT2D eigenvalue weighted by atomic mass is 10.1. The first kappa shape index (κ1) is 21.0. The number of ether oxygens (including phenoxy) is 2. The predicted molar refractivity (Wildman–Crippen MR) is 134 cm³/mol. The van der Waals surface area contributed by atoms with Gasteiger partial charge in [-0.1, -0.05) is 36.4 Å². The number of likely N-dealkylation sites (tertiary alicyclic amines) is 1. The minimum atomic E-state index is 0.0984. The second kappa shape index (κ2) is 8.65. The maximum atomic E-state index is 13.3. The van der Waals surface area contributed by atoms with Crippen LogP contribution in [-0.4, -0.2) is 48.6 Å². The van der Waals surface area contributed by atoms with Gasteiger partial charge < -0.3 is 14.0 Å². The van der Waals surface area contributed by atoms with Crippen LogP contribution in [0.3, 0.4) is 0 Å². The molecule has 4 aromatic rings. The van der Waals surface area contributed by atoms with Crippen molar-refractivity contribution in [3.63, 3.8) is 0 Å². The summed E-state index contributed by atoms with van der Waals surface area (Å²) in [5.74, 6) is 1.78. The van der Waals surface area contributed by atoms with Crippen LogP contribution < -0.4 is 9.47 Å². The minimum Gasteiger partial charge on any atom is -0.497 e. The molecule has 1 aliphatic carbocycles. The van der Waals surface area contributed by atoms with Crippen LogP contribution in [-0.2, 0) is 6.54 Å². The zero-order valence-electron chi connectivity index (χ0n) is 19.4. The fourth-order valence-corrected chi connectivity index (χ4v) is 5.33. The molecular formula is C29H28N2O3. The number of hydrogen-bond acceptors (Lipinski definition) is 4. The molecule has 1 aromatic heterocycles. The van der Waals surface area contributed by atoms with Gasteiger partial charge in [-0.3, -0.25) is 9.69 Å². The smallest absolute Gasteiger partial charge is 0.196 e. The van der Waals surface area contributed by atoms with Gasteiger partial charge in [-0.2, -0.15) is 0 Å². The quantitative estimate of drug-likeness (QED) is 0.332. The van der Waals surface area contributed by atoms with E-state index < -0.39 is 0 Å². The molecule has 0 amide bonds. The molecular weight excluding hydrogens is 424 g/mol. The normalized spacial score (nSPS) is 15.0. The Labute approximate surface area is 199 Å². The average Bonchev–Trinajstić information content (AvgIpc) is 3.57. The van der Waals surface area contributed by atoms with Crippen LogP contribution in [0.4, 0.5) is 0 Å². The van der Waals surface area contributed by atoms with Gasteiger partial charge in [0.2, 0.25) is 0 Å². The van der Waals surface area contributed by atoms with E-state index in [9.17, 15) is 4.79 Å². The molecule has 2 aliphatic rings. The fraction of sp³-hybridized carbons (Fsp3) is 0.276. The largest absolute Gasteiger partial charge is 0.497 e. The van der Waals surface area contributed by atoms with E-state index in [2.05, 4.69) is 21.6 Å². The molecule has 0 atom stereocenters. The first-order valence-electron chi connectivity index (χ1n) is 12.0. The summed E-state index contributed by atoms with van der Waals surface area (Å²) < 4.78 is 13.7. The molecule has 6 rings (SSSR count). The molecule has 2 heterocycles. The SMILES string of the molecule is COc1ccc2c3c(n(Cc4ccc(OCCN5CCCC5)cc4)c2c1)-c1ccccc1C3=O. The van der Waals surface area contributed by atoms with Crippen molar-refractivity contribution in [2.75, 3.05) is 33.4 Å². The molecule has 1 saturated heterocycles. The van der Waals surface area contributed by atoms with Crippen LogP contribution in [0.25, 0.3) is 22.2 Å². The second-order valence-electron chi connectivity index (χ2n) is 9.11. The molecule has 0 saturated carbocycles. The summed E-state index contributed by atoms with van der Waals surface area (Å²) in [5, 5.41) is 0.971. The van der Waals surface area contributed by atoms with E-state index in [0.29, 0.717) is 13.2 Å². The van der Waals surface area contributed by atoms with E-state index >= 15 is 0 Å². The van der Waals surface area contributed by atoms with Gasteiger partial charge in [-0.05, 0) is 55.8 Å². The van der Waals surface area contributed by atoms with Crippen molar-refractivity contribution in [3.05, 3.63) is 83.4 Å². The number of hydrogen-bond donors (Lipinski definition) is 0. The number of fused-ring (bicyclic) bond motifs is 5. The van der Waals surface area contributed by atoms with E-state index in [1.54, 1.807) is 7.11 Å². The second-order valence-corrected chi connectivity index (χ2v) is 9.11. The zero-order valence-corrected chi connectivity index (χ0v) is 19.4. The number of aromatic nitrogens is 1. The number of carbonyl (C=O) groups is 1. The van der Waals surface area contributed by atoms with Crippen molar-refractivity contribution in [1.29, 1.82) is 0 Å². The van der Waals surface area contributed by atoms with Crippen LogP contribution in [0, 0.1) is 0 Å². The molecule has 172 valence electrons. The maximum Gasteiger partial charge on any atom is 0.196 e. The van der Waals surface area contributed by atoms with Gasteiger partial charge in [0.05, 0.1) is 23.9 Å². The molecule has 3 aromatic carbocycles.